The fourth-order valence-electron chi connectivity index (χ4n) is 1.77. The Morgan fingerprint density at radius 3 is 2.81 bits per heavy atom. The second-order valence-corrected chi connectivity index (χ2v) is 4.98. The van der Waals surface area contributed by atoms with Crippen LogP contribution < -0.4 is 5.43 Å². The second kappa shape index (κ2) is 4.83. The predicted octanol–water partition coefficient (Wildman–Crippen LogP) is 3.66. The van der Waals surface area contributed by atoms with E-state index in [4.69, 9.17) is 0 Å². The van der Waals surface area contributed by atoms with Gasteiger partial charge in [-0.05, 0) is 17.7 Å². The summed E-state index contributed by atoms with van der Waals surface area (Å²) in [6.07, 6.45) is 2.90. The normalized spacial score (nSPS) is 21.1. The van der Waals surface area contributed by atoms with Crippen LogP contribution in [0.5, 0.6) is 0 Å². The molecule has 2 rings (SSSR count). The van der Waals surface area contributed by atoms with Crippen LogP contribution in [0.1, 0.15) is 24.9 Å². The monoisotopic (exact) mass is 278 g/mol. The summed E-state index contributed by atoms with van der Waals surface area (Å²) in [5.41, 5.74) is 5.64. The standard InChI is InChI=1S/C13H15BrN2/c1-3-9(2)12-8-13(16-15-12)10-4-6-11(14)7-5-10/h3-7,9,13,16H,1,8H2,2H3. The maximum absolute atomic E-state index is 4.37. The Kier molecular flexibility index (Phi) is 3.44. The highest BCUT2D eigenvalue weighted by Gasteiger charge is 2.22. The van der Waals surface area contributed by atoms with E-state index in [1.807, 2.05) is 6.08 Å². The van der Waals surface area contributed by atoms with Crippen molar-refractivity contribution in [2.75, 3.05) is 0 Å². The van der Waals surface area contributed by atoms with Gasteiger partial charge < -0.3 is 5.43 Å². The van der Waals surface area contributed by atoms with Crippen LogP contribution in [0.2, 0.25) is 0 Å². The van der Waals surface area contributed by atoms with Crippen molar-refractivity contribution in [1.29, 1.82) is 0 Å². The Labute approximate surface area is 105 Å². The molecule has 0 bridgehead atoms. The molecule has 1 aliphatic heterocycles. The van der Waals surface area contributed by atoms with Gasteiger partial charge in [0.25, 0.3) is 0 Å². The van der Waals surface area contributed by atoms with Crippen LogP contribution in [0.3, 0.4) is 0 Å². The first-order chi connectivity index (χ1) is 7.70. The van der Waals surface area contributed by atoms with E-state index in [0.717, 1.165) is 10.9 Å². The number of rotatable bonds is 3. The maximum atomic E-state index is 4.37. The van der Waals surface area contributed by atoms with E-state index >= 15 is 0 Å². The van der Waals surface area contributed by atoms with Crippen LogP contribution in [0.4, 0.5) is 0 Å². The average molecular weight is 279 g/mol. The third-order valence-electron chi connectivity index (χ3n) is 2.93. The Morgan fingerprint density at radius 2 is 2.19 bits per heavy atom. The summed E-state index contributed by atoms with van der Waals surface area (Å²) >= 11 is 3.44. The number of allylic oxidation sites excluding steroid dienone is 1. The number of nitrogens with one attached hydrogen (secondary N) is 1. The molecule has 84 valence electrons. The Bertz CT molecular complexity index is 408. The van der Waals surface area contributed by atoms with E-state index in [-0.39, 0.29) is 0 Å². The fraction of sp³-hybridized carbons (Fsp3) is 0.308. The van der Waals surface area contributed by atoms with Crippen LogP contribution in [-0.2, 0) is 0 Å². The van der Waals surface area contributed by atoms with E-state index in [1.54, 1.807) is 0 Å². The van der Waals surface area contributed by atoms with E-state index < -0.39 is 0 Å². The average Bonchev–Trinajstić information content (AvgIpc) is 2.78. The van der Waals surface area contributed by atoms with Crippen molar-refractivity contribution < 1.29 is 0 Å². The summed E-state index contributed by atoms with van der Waals surface area (Å²) in [6.45, 7) is 5.92. The third kappa shape index (κ3) is 2.35. The zero-order chi connectivity index (χ0) is 11.5. The van der Waals surface area contributed by atoms with Gasteiger partial charge >= 0.3 is 0 Å². The molecule has 16 heavy (non-hydrogen) atoms. The first-order valence-electron chi connectivity index (χ1n) is 5.40. The number of nitrogens with zero attached hydrogens (tertiary/aromatic N) is 1. The molecular weight excluding hydrogens is 264 g/mol. The molecule has 0 radical (unpaired) electrons. The SMILES string of the molecule is C=CC(C)C1=NNC(c2ccc(Br)cc2)C1. The van der Waals surface area contributed by atoms with Crippen LogP contribution in [-0.4, -0.2) is 5.71 Å². The summed E-state index contributed by atoms with van der Waals surface area (Å²) in [5, 5.41) is 4.37. The molecule has 0 fully saturated rings. The minimum atomic E-state index is 0.311. The van der Waals surface area contributed by atoms with Crippen LogP contribution >= 0.6 is 15.9 Å². The van der Waals surface area contributed by atoms with Crippen molar-refractivity contribution in [3.05, 3.63) is 47.0 Å². The number of hydrogen-bond acceptors (Lipinski definition) is 2. The molecule has 1 heterocycles. The van der Waals surface area contributed by atoms with Crippen molar-refractivity contribution in [2.45, 2.75) is 19.4 Å². The summed E-state index contributed by atoms with van der Waals surface area (Å²) in [6, 6.07) is 8.68. The fourth-order valence-corrected chi connectivity index (χ4v) is 2.04. The van der Waals surface area contributed by atoms with Crippen molar-refractivity contribution in [1.82, 2.24) is 5.43 Å². The quantitative estimate of drug-likeness (QED) is 0.839. The summed E-state index contributed by atoms with van der Waals surface area (Å²) in [7, 11) is 0. The van der Waals surface area contributed by atoms with Crippen LogP contribution in [0.15, 0.2) is 46.5 Å². The molecule has 0 aliphatic carbocycles. The lowest BCUT2D eigenvalue weighted by atomic mass is 9.97. The minimum Gasteiger partial charge on any atom is -0.302 e. The van der Waals surface area contributed by atoms with E-state index in [2.05, 4.69) is 64.2 Å². The Morgan fingerprint density at radius 1 is 1.50 bits per heavy atom. The van der Waals surface area contributed by atoms with E-state index in [0.29, 0.717) is 12.0 Å². The lowest BCUT2D eigenvalue weighted by molar-refractivity contribution is 0.619. The molecule has 1 aliphatic rings. The first-order valence-corrected chi connectivity index (χ1v) is 6.20. The smallest absolute Gasteiger partial charge is 0.0742 e. The molecule has 0 saturated heterocycles. The molecule has 1 N–H and O–H groups in total. The van der Waals surface area contributed by atoms with Gasteiger partial charge in [-0.3, -0.25) is 0 Å². The molecule has 2 unspecified atom stereocenters. The Hall–Kier alpha value is -1.09. The zero-order valence-electron chi connectivity index (χ0n) is 9.28. The lowest BCUT2D eigenvalue weighted by Gasteiger charge is -2.10. The molecular formula is C13H15BrN2. The second-order valence-electron chi connectivity index (χ2n) is 4.06. The minimum absolute atomic E-state index is 0.311. The van der Waals surface area contributed by atoms with Gasteiger partial charge in [0.05, 0.1) is 6.04 Å². The Balaban J connectivity index is 2.06. The number of halogens is 1. The first kappa shape index (κ1) is 11.4. The van der Waals surface area contributed by atoms with Gasteiger partial charge in [-0.15, -0.1) is 6.58 Å². The topological polar surface area (TPSA) is 24.4 Å². The summed E-state index contributed by atoms with van der Waals surface area (Å²) in [5.74, 6) is 0.355. The highest BCUT2D eigenvalue weighted by Crippen LogP contribution is 2.25. The lowest BCUT2D eigenvalue weighted by Crippen LogP contribution is -2.10. The third-order valence-corrected chi connectivity index (χ3v) is 3.46. The zero-order valence-corrected chi connectivity index (χ0v) is 10.9. The number of benzene rings is 1. The predicted molar refractivity (Wildman–Crippen MR) is 71.4 cm³/mol. The van der Waals surface area contributed by atoms with Gasteiger partial charge in [-0.2, -0.15) is 5.10 Å². The molecule has 2 atom stereocenters. The molecule has 1 aromatic rings. The van der Waals surface area contributed by atoms with E-state index in [1.165, 1.54) is 11.3 Å². The molecule has 0 aromatic heterocycles. The molecule has 3 heteroatoms. The van der Waals surface area contributed by atoms with Crippen molar-refractivity contribution in [3.63, 3.8) is 0 Å². The van der Waals surface area contributed by atoms with Gasteiger partial charge in [-0.25, -0.2) is 0 Å². The van der Waals surface area contributed by atoms with Crippen molar-refractivity contribution in [2.24, 2.45) is 11.0 Å². The highest BCUT2D eigenvalue weighted by molar-refractivity contribution is 9.10. The van der Waals surface area contributed by atoms with Crippen LogP contribution in [0.25, 0.3) is 0 Å². The maximum Gasteiger partial charge on any atom is 0.0742 e. The van der Waals surface area contributed by atoms with Gasteiger partial charge in [0.2, 0.25) is 0 Å². The van der Waals surface area contributed by atoms with E-state index in [9.17, 15) is 0 Å². The molecule has 2 nitrogen and oxygen atoms in total. The van der Waals surface area contributed by atoms with Crippen molar-refractivity contribution in [3.8, 4) is 0 Å². The van der Waals surface area contributed by atoms with Crippen molar-refractivity contribution >= 4 is 21.6 Å². The summed E-state index contributed by atoms with van der Waals surface area (Å²) < 4.78 is 1.11. The molecule has 0 saturated carbocycles. The van der Waals surface area contributed by atoms with Gasteiger partial charge in [0.1, 0.15) is 0 Å². The molecule has 0 amide bonds. The molecule has 1 aromatic carbocycles. The number of hydrazone groups is 1. The molecule has 0 spiro atoms. The number of hydrogen-bond donors (Lipinski definition) is 1. The summed E-state index contributed by atoms with van der Waals surface area (Å²) in [4.78, 5) is 0. The van der Waals surface area contributed by atoms with Gasteiger partial charge in [0.15, 0.2) is 0 Å². The van der Waals surface area contributed by atoms with Crippen LogP contribution in [0, 0.1) is 5.92 Å². The van der Waals surface area contributed by atoms with Gasteiger partial charge in [-0.1, -0.05) is 41.1 Å². The largest absolute Gasteiger partial charge is 0.302 e. The highest BCUT2D eigenvalue weighted by atomic mass is 79.9. The van der Waals surface area contributed by atoms with Gasteiger partial charge in [0, 0.05) is 22.5 Å².